The maximum Gasteiger partial charge on any atom is 0.231 e. The van der Waals surface area contributed by atoms with Gasteiger partial charge in [0.15, 0.2) is 11.5 Å². The molecular formula is C30H36N4O5. The molecule has 5 atom stereocenters. The monoisotopic (exact) mass is 532 g/mol. The minimum absolute atomic E-state index is 0.0517. The molecular weight excluding hydrogens is 496 g/mol. The van der Waals surface area contributed by atoms with Crippen LogP contribution < -0.4 is 14.8 Å². The van der Waals surface area contributed by atoms with Gasteiger partial charge in [-0.25, -0.2) is 0 Å². The first-order valence-corrected chi connectivity index (χ1v) is 13.7. The van der Waals surface area contributed by atoms with Crippen molar-refractivity contribution in [1.82, 2.24) is 15.1 Å². The van der Waals surface area contributed by atoms with Crippen LogP contribution in [-0.2, 0) is 17.6 Å². The molecule has 9 nitrogen and oxygen atoms in total. The summed E-state index contributed by atoms with van der Waals surface area (Å²) in [7, 11) is 2.03. The van der Waals surface area contributed by atoms with E-state index >= 15 is 0 Å². The first kappa shape index (κ1) is 25.8. The van der Waals surface area contributed by atoms with Crippen molar-refractivity contribution in [1.29, 1.82) is 5.26 Å². The number of hydrogen-bond acceptors (Lipinski definition) is 8. The molecule has 1 saturated heterocycles. The van der Waals surface area contributed by atoms with Crippen molar-refractivity contribution in [2.75, 3.05) is 20.4 Å². The van der Waals surface area contributed by atoms with Gasteiger partial charge in [-0.2, -0.15) is 5.26 Å². The number of nitriles is 1. The van der Waals surface area contributed by atoms with E-state index < -0.39 is 12.1 Å². The van der Waals surface area contributed by atoms with Crippen molar-refractivity contribution in [2.24, 2.45) is 5.92 Å². The normalized spacial score (nSPS) is 27.0. The Kier molecular flexibility index (Phi) is 5.97. The molecule has 2 aromatic carbocycles. The molecule has 2 bridgehead atoms. The van der Waals surface area contributed by atoms with Crippen LogP contribution in [0.4, 0.5) is 0 Å². The lowest BCUT2D eigenvalue weighted by Gasteiger charge is -2.60. The number of aryl methyl sites for hydroxylation is 1. The van der Waals surface area contributed by atoms with Crippen molar-refractivity contribution in [3.63, 3.8) is 0 Å². The number of carbonyl (C=O) groups is 1. The average molecular weight is 533 g/mol. The van der Waals surface area contributed by atoms with Crippen LogP contribution >= 0.6 is 0 Å². The fourth-order valence-corrected chi connectivity index (χ4v) is 7.31. The van der Waals surface area contributed by atoms with Crippen LogP contribution in [0, 0.1) is 38.0 Å². The molecule has 4 heterocycles. The van der Waals surface area contributed by atoms with Crippen molar-refractivity contribution in [3.05, 3.63) is 45.0 Å². The smallest absolute Gasteiger partial charge is 0.231 e. The third kappa shape index (κ3) is 3.54. The maximum atomic E-state index is 12.7. The summed E-state index contributed by atoms with van der Waals surface area (Å²) < 4.78 is 11.7. The van der Waals surface area contributed by atoms with Gasteiger partial charge in [-0.1, -0.05) is 19.9 Å². The van der Waals surface area contributed by atoms with Crippen LogP contribution in [0.25, 0.3) is 0 Å². The number of phenols is 2. The highest BCUT2D eigenvalue weighted by Gasteiger charge is 2.56. The predicted molar refractivity (Wildman–Crippen MR) is 144 cm³/mol. The van der Waals surface area contributed by atoms with Crippen molar-refractivity contribution in [3.8, 4) is 29.1 Å². The van der Waals surface area contributed by atoms with Crippen LogP contribution in [0.1, 0.15) is 64.9 Å². The third-order valence-corrected chi connectivity index (χ3v) is 9.46. The van der Waals surface area contributed by atoms with E-state index in [4.69, 9.17) is 9.47 Å². The number of benzene rings is 2. The van der Waals surface area contributed by atoms with E-state index in [1.165, 1.54) is 0 Å². The Labute approximate surface area is 228 Å². The second-order valence-corrected chi connectivity index (χ2v) is 11.8. The minimum atomic E-state index is -0.483. The van der Waals surface area contributed by atoms with Crippen LogP contribution in [0.15, 0.2) is 6.07 Å². The molecule has 1 fully saturated rings. The number of likely N-dealkylation sites (N-methyl/N-ethyl adjacent to an activating group) is 1. The number of nitrogens with zero attached hydrogens (tertiary/aromatic N) is 3. The number of phenolic OH excluding ortho intramolecular Hbond substituents is 2. The summed E-state index contributed by atoms with van der Waals surface area (Å²) in [5.41, 5.74) is 6.01. The molecule has 0 radical (unpaired) electrons. The quantitative estimate of drug-likeness (QED) is 0.551. The summed E-state index contributed by atoms with van der Waals surface area (Å²) in [4.78, 5) is 17.2. The van der Waals surface area contributed by atoms with Crippen molar-refractivity contribution in [2.45, 2.75) is 77.7 Å². The Hall–Kier alpha value is -3.48. The van der Waals surface area contributed by atoms with Gasteiger partial charge < -0.3 is 25.0 Å². The van der Waals surface area contributed by atoms with Gasteiger partial charge in [0, 0.05) is 46.8 Å². The lowest BCUT2D eigenvalue weighted by molar-refractivity contribution is -0.125. The topological polar surface area (TPSA) is 118 Å². The average Bonchev–Trinajstić information content (AvgIpc) is 3.39. The predicted octanol–water partition coefficient (Wildman–Crippen LogP) is 3.30. The highest BCUT2D eigenvalue weighted by molar-refractivity contribution is 5.78. The summed E-state index contributed by atoms with van der Waals surface area (Å²) in [5, 5.41) is 36.6. The number of rotatable bonds is 3. The summed E-state index contributed by atoms with van der Waals surface area (Å²) in [6, 6.07) is 3.29. The second kappa shape index (κ2) is 9.04. The van der Waals surface area contributed by atoms with E-state index in [2.05, 4.69) is 27.3 Å². The van der Waals surface area contributed by atoms with E-state index in [1.54, 1.807) is 0 Å². The number of amides is 1. The van der Waals surface area contributed by atoms with Gasteiger partial charge in [-0.3, -0.25) is 14.6 Å². The molecule has 0 aliphatic carbocycles. The van der Waals surface area contributed by atoms with Gasteiger partial charge >= 0.3 is 0 Å². The van der Waals surface area contributed by atoms with E-state index in [1.807, 2.05) is 41.7 Å². The molecule has 206 valence electrons. The number of fused-ring (bicyclic) bond motifs is 9. The number of nitrogens with one attached hydrogen (secondary N) is 1. The standard InChI is InChI=1S/C30H36N4O5/c1-13(2)30(37)32-11-22-24-18(26(35)16(5)28-29(24)39-12-38-28)9-20-25-23-17(7-14(3)15(4)27(23)36)8-19(33(25)6)21(10-31)34(20)22/h7,13,19-22,25,35-36H,8-9,11-12H2,1-6H3,(H,32,37)/t19-,20?,21-,22-,25-/m0/s1. The zero-order valence-corrected chi connectivity index (χ0v) is 23.3. The molecule has 0 aromatic heterocycles. The summed E-state index contributed by atoms with van der Waals surface area (Å²) in [6.07, 6.45) is 1.09. The SMILES string of the molecule is Cc1cc2c(c(O)c1C)[C@@H]1C3Cc4c(O)c(C)c5c(c4[C@H](CNC(=O)C(C)C)N3[C@@H](C#N)[C@H](C2)N1C)OCO5. The van der Waals surface area contributed by atoms with Gasteiger partial charge in [0.05, 0.1) is 18.2 Å². The molecule has 1 unspecified atom stereocenters. The van der Waals surface area contributed by atoms with E-state index in [-0.39, 0.29) is 49.0 Å². The lowest BCUT2D eigenvalue weighted by atomic mass is 9.71. The van der Waals surface area contributed by atoms with Gasteiger partial charge in [-0.05, 0) is 57.4 Å². The van der Waals surface area contributed by atoms with Crippen LogP contribution in [0.3, 0.4) is 0 Å². The third-order valence-electron chi connectivity index (χ3n) is 9.46. The number of aromatic hydroxyl groups is 2. The van der Waals surface area contributed by atoms with E-state index in [0.717, 1.165) is 33.4 Å². The Bertz CT molecular complexity index is 1430. The highest BCUT2D eigenvalue weighted by atomic mass is 16.7. The molecule has 3 N–H and O–H groups in total. The number of carbonyl (C=O) groups excluding carboxylic acids is 1. The largest absolute Gasteiger partial charge is 0.507 e. The Morgan fingerprint density at radius 1 is 1.10 bits per heavy atom. The van der Waals surface area contributed by atoms with E-state index in [9.17, 15) is 20.3 Å². The molecule has 0 saturated carbocycles. The highest BCUT2D eigenvalue weighted by Crippen LogP contribution is 2.57. The summed E-state index contributed by atoms with van der Waals surface area (Å²) in [6.45, 7) is 9.76. The number of hydrogen-bond donors (Lipinski definition) is 3. The number of ether oxygens (including phenoxy) is 2. The van der Waals surface area contributed by atoms with Crippen molar-refractivity contribution < 1.29 is 24.5 Å². The van der Waals surface area contributed by atoms with Crippen LogP contribution in [0.5, 0.6) is 23.0 Å². The molecule has 6 rings (SSSR count). The van der Waals surface area contributed by atoms with Gasteiger partial charge in [0.2, 0.25) is 12.7 Å². The first-order valence-electron chi connectivity index (χ1n) is 13.7. The number of piperazine rings is 1. The molecule has 4 aliphatic heterocycles. The Balaban J connectivity index is 1.58. The molecule has 0 spiro atoms. The zero-order valence-electron chi connectivity index (χ0n) is 23.3. The molecule has 2 aromatic rings. The van der Waals surface area contributed by atoms with E-state index in [0.29, 0.717) is 35.7 Å². The zero-order chi connectivity index (χ0) is 27.9. The fourth-order valence-electron chi connectivity index (χ4n) is 7.31. The Morgan fingerprint density at radius 2 is 1.82 bits per heavy atom. The second-order valence-electron chi connectivity index (χ2n) is 11.8. The Morgan fingerprint density at radius 3 is 2.51 bits per heavy atom. The van der Waals surface area contributed by atoms with Crippen LogP contribution in [-0.4, -0.2) is 64.4 Å². The molecule has 1 amide bonds. The summed E-state index contributed by atoms with van der Waals surface area (Å²) in [5.74, 6) is 1.28. The first-order chi connectivity index (χ1) is 18.6. The fraction of sp³-hybridized carbons (Fsp3) is 0.533. The van der Waals surface area contributed by atoms with Gasteiger partial charge in [0.25, 0.3) is 0 Å². The molecule has 9 heteroatoms. The summed E-state index contributed by atoms with van der Waals surface area (Å²) >= 11 is 0. The van der Waals surface area contributed by atoms with Crippen molar-refractivity contribution >= 4 is 5.91 Å². The van der Waals surface area contributed by atoms with Gasteiger partial charge in [-0.15, -0.1) is 0 Å². The van der Waals surface area contributed by atoms with Gasteiger partial charge in [0.1, 0.15) is 17.5 Å². The minimum Gasteiger partial charge on any atom is -0.507 e. The maximum absolute atomic E-state index is 12.7. The molecule has 39 heavy (non-hydrogen) atoms. The lowest BCUT2D eigenvalue weighted by Crippen LogP contribution is -2.68. The van der Waals surface area contributed by atoms with Crippen LogP contribution in [0.2, 0.25) is 0 Å². The molecule has 4 aliphatic rings.